The van der Waals surface area contributed by atoms with Crippen molar-refractivity contribution in [3.05, 3.63) is 36.4 Å². The van der Waals surface area contributed by atoms with E-state index in [0.29, 0.717) is 11.4 Å². The molecule has 0 spiro atoms. The van der Waals surface area contributed by atoms with Gasteiger partial charge in [-0.2, -0.15) is 12.1 Å². The summed E-state index contributed by atoms with van der Waals surface area (Å²) in [6.07, 6.45) is 0. The first-order valence-electron chi connectivity index (χ1n) is 7.66. The Hall–Kier alpha value is -1.54. The van der Waals surface area contributed by atoms with Crippen molar-refractivity contribution in [2.75, 3.05) is 21.7 Å². The fourth-order valence-electron chi connectivity index (χ4n) is 1.78. The normalized spacial score (nSPS) is 8.79. The maximum atomic E-state index is 10.7. The zero-order valence-electron chi connectivity index (χ0n) is 16.2. The molecule has 2 rings (SSSR count). The molecule has 0 aromatic heterocycles. The van der Waals surface area contributed by atoms with Crippen LogP contribution in [0, 0.1) is 12.1 Å². The van der Waals surface area contributed by atoms with Crippen molar-refractivity contribution in [3.8, 4) is 11.5 Å². The van der Waals surface area contributed by atoms with Crippen molar-refractivity contribution in [2.24, 2.45) is 0 Å². The molecule has 9 nitrogen and oxygen atoms in total. The summed E-state index contributed by atoms with van der Waals surface area (Å²) in [5.74, 6) is -0.926. The van der Waals surface area contributed by atoms with Crippen LogP contribution in [0.1, 0.15) is 20.8 Å². The first-order valence-corrected chi connectivity index (χ1v) is 7.66. The maximum Gasteiger partial charge on any atom is 0.219 e. The van der Waals surface area contributed by atoms with Crippen LogP contribution in [0.15, 0.2) is 24.3 Å². The van der Waals surface area contributed by atoms with E-state index in [1.807, 2.05) is 0 Å². The number of carbonyl (C=O) groups is 3. The number of phenolic OH excluding ortho intramolecular Hbond substituents is 2. The number of nitrogens with one attached hydrogen (secondary N) is 3. The summed E-state index contributed by atoms with van der Waals surface area (Å²) in [6, 6.07) is 10.9. The van der Waals surface area contributed by atoms with Crippen molar-refractivity contribution in [1.82, 2.24) is 0 Å². The van der Waals surface area contributed by atoms with Crippen LogP contribution in [0.25, 0.3) is 0 Å². The van der Waals surface area contributed by atoms with E-state index < -0.39 is 0 Å². The third-order valence-electron chi connectivity index (χ3n) is 2.82. The smallest absolute Gasteiger partial charge is 0.219 e. The predicted molar refractivity (Wildman–Crippen MR) is 101 cm³/mol. The van der Waals surface area contributed by atoms with Crippen LogP contribution in [-0.2, 0) is 79.8 Å². The van der Waals surface area contributed by atoms with Gasteiger partial charge in [-0.1, -0.05) is 11.4 Å². The van der Waals surface area contributed by atoms with Gasteiger partial charge in [-0.3, -0.25) is 14.4 Å². The molecule has 11 heteroatoms. The molecule has 0 fully saturated rings. The Kier molecular flexibility index (Phi) is 14.8. The minimum Gasteiger partial charge on any atom is -0.531 e. The van der Waals surface area contributed by atoms with Crippen molar-refractivity contribution in [1.29, 1.82) is 0 Å². The van der Waals surface area contributed by atoms with Crippen LogP contribution in [0.2, 0.25) is 0 Å². The molecular weight excluding hydrogens is 530 g/mol. The van der Waals surface area contributed by atoms with E-state index in [9.17, 15) is 19.5 Å². The Labute approximate surface area is 219 Å². The molecule has 7 N–H and O–H groups in total. The second kappa shape index (κ2) is 14.4. The SMILES string of the molecule is CC(=O)Nc1[c-]cc(N)c(O)c1.CC(=O)Nc1[c-]cc(NC(C)=O)c(O)c1.[Y].[Y]. The Morgan fingerprint density at radius 3 is 1.59 bits per heavy atom. The Morgan fingerprint density at radius 2 is 1.21 bits per heavy atom. The Balaban J connectivity index is 0. The van der Waals surface area contributed by atoms with E-state index in [0.717, 1.165) is 0 Å². The zero-order chi connectivity index (χ0) is 20.6. The van der Waals surface area contributed by atoms with Crippen molar-refractivity contribution in [3.63, 3.8) is 0 Å². The number of hydrogen-bond acceptors (Lipinski definition) is 6. The number of aromatic hydroxyl groups is 2. The van der Waals surface area contributed by atoms with Crippen LogP contribution >= 0.6 is 0 Å². The van der Waals surface area contributed by atoms with Gasteiger partial charge in [0.1, 0.15) is 0 Å². The van der Waals surface area contributed by atoms with Crippen molar-refractivity contribution in [2.45, 2.75) is 20.8 Å². The second-order valence-corrected chi connectivity index (χ2v) is 5.38. The molecule has 2 aromatic rings. The van der Waals surface area contributed by atoms with Crippen molar-refractivity contribution >= 4 is 40.5 Å². The average Bonchev–Trinajstić information content (AvgIpc) is 2.53. The molecule has 29 heavy (non-hydrogen) atoms. The summed E-state index contributed by atoms with van der Waals surface area (Å²) in [5, 5.41) is 25.9. The molecule has 0 atom stereocenters. The number of benzene rings is 2. The number of rotatable bonds is 3. The van der Waals surface area contributed by atoms with Gasteiger partial charge < -0.3 is 31.9 Å². The number of carbonyl (C=O) groups excluding carboxylic acids is 3. The molecule has 0 heterocycles. The first kappa shape index (κ1) is 29.7. The van der Waals surface area contributed by atoms with Gasteiger partial charge in [-0.15, -0.1) is 24.3 Å². The summed E-state index contributed by atoms with van der Waals surface area (Å²) < 4.78 is 0. The minimum absolute atomic E-state index is 0. The fraction of sp³-hybridized carbons (Fsp3) is 0.167. The molecule has 0 unspecified atom stereocenters. The molecule has 0 saturated carbocycles. The van der Waals surface area contributed by atoms with E-state index in [1.54, 1.807) is 0 Å². The van der Waals surface area contributed by atoms with Crippen LogP contribution in [-0.4, -0.2) is 27.9 Å². The van der Waals surface area contributed by atoms with Crippen LogP contribution in [0.3, 0.4) is 0 Å². The standard InChI is InChI=1S/C10H11N2O3.C8H9N2O2.2Y/c1-6(13)11-8-3-4-9(10(15)5-8)12-7(2)14;1-5(11)10-6-2-3-7(9)8(12)4-6;;/h4-5,15H,1-2H3,(H,11,13)(H,12,14);3-4,12H,9H2,1H3,(H,10,11);;/q2*-1;;. The summed E-state index contributed by atoms with van der Waals surface area (Å²) >= 11 is 0. The molecule has 0 aliphatic rings. The van der Waals surface area contributed by atoms with Gasteiger partial charge in [-0.25, -0.2) is 0 Å². The molecule has 2 aromatic carbocycles. The third-order valence-corrected chi connectivity index (χ3v) is 2.82. The first-order chi connectivity index (χ1) is 12.6. The number of nitrogens with two attached hydrogens (primary N) is 1. The Morgan fingerprint density at radius 1 is 0.793 bits per heavy atom. The van der Waals surface area contributed by atoms with Crippen LogP contribution in [0.4, 0.5) is 22.7 Å². The summed E-state index contributed by atoms with van der Waals surface area (Å²) in [5.41, 5.74) is 6.59. The number of anilines is 4. The van der Waals surface area contributed by atoms with Crippen molar-refractivity contribution < 1.29 is 90.0 Å². The topological polar surface area (TPSA) is 154 Å². The van der Waals surface area contributed by atoms with Crippen LogP contribution in [0.5, 0.6) is 11.5 Å². The third kappa shape index (κ3) is 11.9. The molecule has 0 aliphatic carbocycles. The van der Waals surface area contributed by atoms with Gasteiger partial charge in [0.25, 0.3) is 0 Å². The monoisotopic (exact) mass is 550 g/mol. The second-order valence-electron chi connectivity index (χ2n) is 5.38. The largest absolute Gasteiger partial charge is 0.531 e. The average molecular weight is 550 g/mol. The Bertz CT molecular complexity index is 862. The number of nitrogen functional groups attached to an aromatic ring is 1. The summed E-state index contributed by atoms with van der Waals surface area (Å²) in [6.45, 7) is 4.06. The van der Waals surface area contributed by atoms with E-state index in [4.69, 9.17) is 10.8 Å². The maximum absolute atomic E-state index is 10.7. The molecule has 2 radical (unpaired) electrons. The van der Waals surface area contributed by atoms with E-state index in [2.05, 4.69) is 28.1 Å². The van der Waals surface area contributed by atoms with Gasteiger partial charge in [0.05, 0.1) is 0 Å². The van der Waals surface area contributed by atoms with Gasteiger partial charge in [0.15, 0.2) is 0 Å². The molecular formula is C18H20N4O5Y2-2. The number of phenols is 2. The molecule has 0 saturated heterocycles. The van der Waals surface area contributed by atoms with Gasteiger partial charge >= 0.3 is 0 Å². The minimum atomic E-state index is -0.286. The van der Waals surface area contributed by atoms with Gasteiger partial charge in [0.2, 0.25) is 17.7 Å². The fourth-order valence-corrected chi connectivity index (χ4v) is 1.78. The number of hydrogen-bond donors (Lipinski definition) is 6. The van der Waals surface area contributed by atoms with E-state index in [-0.39, 0.29) is 106 Å². The zero-order valence-corrected chi connectivity index (χ0v) is 21.8. The molecule has 150 valence electrons. The number of amides is 3. The van der Waals surface area contributed by atoms with E-state index >= 15 is 0 Å². The van der Waals surface area contributed by atoms with E-state index in [1.165, 1.54) is 45.0 Å². The molecule has 0 aliphatic heterocycles. The quantitative estimate of drug-likeness (QED) is 0.195. The molecule has 0 bridgehead atoms. The van der Waals surface area contributed by atoms with Crippen LogP contribution < -0.4 is 21.7 Å². The summed E-state index contributed by atoms with van der Waals surface area (Å²) in [4.78, 5) is 32.0. The van der Waals surface area contributed by atoms with Gasteiger partial charge in [0, 0.05) is 97.7 Å². The molecule has 3 amide bonds. The van der Waals surface area contributed by atoms with Gasteiger partial charge in [-0.05, 0) is 11.4 Å². The predicted octanol–water partition coefficient (Wildman–Crippen LogP) is 1.84. The summed E-state index contributed by atoms with van der Waals surface area (Å²) in [7, 11) is 0.